The number of fused-ring (bicyclic) bond motifs is 5. The minimum atomic E-state index is 0.642. The fourth-order valence-corrected chi connectivity index (χ4v) is 3.72. The van der Waals surface area contributed by atoms with Gasteiger partial charge in [0, 0.05) is 5.56 Å². The van der Waals surface area contributed by atoms with Crippen molar-refractivity contribution in [2.75, 3.05) is 0 Å². The Hall–Kier alpha value is -2.80. The second kappa shape index (κ2) is 4.85. The van der Waals surface area contributed by atoms with E-state index in [0.717, 1.165) is 5.75 Å². The predicted octanol–water partition coefficient (Wildman–Crippen LogP) is 6.17. The van der Waals surface area contributed by atoms with Crippen LogP contribution < -0.4 is 4.74 Å². The van der Waals surface area contributed by atoms with Crippen molar-refractivity contribution in [3.05, 3.63) is 77.4 Å². The molecule has 1 nitrogen and oxygen atoms in total. The van der Waals surface area contributed by atoms with E-state index in [0.29, 0.717) is 6.61 Å². The van der Waals surface area contributed by atoms with Crippen LogP contribution in [0.2, 0.25) is 0 Å². The Morgan fingerprint density at radius 2 is 1.25 bits per heavy atom. The summed E-state index contributed by atoms with van der Waals surface area (Å²) in [6.07, 6.45) is 0. The molecule has 24 heavy (non-hydrogen) atoms. The van der Waals surface area contributed by atoms with E-state index < -0.39 is 0 Å². The van der Waals surface area contributed by atoms with E-state index in [2.05, 4.69) is 74.5 Å². The molecular weight excluding hydrogens is 292 g/mol. The van der Waals surface area contributed by atoms with Gasteiger partial charge in [0.25, 0.3) is 0 Å². The van der Waals surface area contributed by atoms with E-state index in [1.165, 1.54) is 49.4 Å². The number of aryl methyl sites for hydroxylation is 2. The summed E-state index contributed by atoms with van der Waals surface area (Å²) < 4.78 is 6.08. The van der Waals surface area contributed by atoms with Crippen LogP contribution in [0, 0.1) is 13.8 Å². The molecule has 1 heteroatoms. The van der Waals surface area contributed by atoms with Gasteiger partial charge in [0.15, 0.2) is 0 Å². The Morgan fingerprint density at radius 3 is 1.96 bits per heavy atom. The van der Waals surface area contributed by atoms with E-state index >= 15 is 0 Å². The molecule has 0 fully saturated rings. The van der Waals surface area contributed by atoms with Gasteiger partial charge in [-0.25, -0.2) is 0 Å². The number of hydrogen-bond donors (Lipinski definition) is 0. The minimum Gasteiger partial charge on any atom is -0.488 e. The van der Waals surface area contributed by atoms with E-state index in [4.69, 9.17) is 4.74 Å². The van der Waals surface area contributed by atoms with Crippen molar-refractivity contribution < 1.29 is 4.74 Å². The van der Waals surface area contributed by atoms with E-state index in [-0.39, 0.29) is 0 Å². The largest absolute Gasteiger partial charge is 0.488 e. The highest BCUT2D eigenvalue weighted by atomic mass is 16.5. The zero-order valence-electron chi connectivity index (χ0n) is 13.9. The number of rotatable bonds is 0. The third kappa shape index (κ3) is 2.01. The van der Waals surface area contributed by atoms with Gasteiger partial charge in [0.2, 0.25) is 0 Å². The standard InChI is InChI=1S/C23H18O/c1-14-3-5-16-10-21-20(9-18(16)7-14)13-24-23-12-19-8-15(2)4-6-17(19)11-22(21)23/h3-12H,13H2,1-2H3. The Labute approximate surface area is 141 Å². The van der Waals surface area contributed by atoms with Gasteiger partial charge in [-0.2, -0.15) is 0 Å². The Bertz CT molecular complexity index is 1030. The summed E-state index contributed by atoms with van der Waals surface area (Å²) in [7, 11) is 0. The van der Waals surface area contributed by atoms with Crippen LogP contribution in [0.15, 0.2) is 60.7 Å². The summed E-state index contributed by atoms with van der Waals surface area (Å²) in [5, 5.41) is 5.09. The summed E-state index contributed by atoms with van der Waals surface area (Å²) >= 11 is 0. The molecule has 116 valence electrons. The minimum absolute atomic E-state index is 0.642. The maximum Gasteiger partial charge on any atom is 0.128 e. The van der Waals surface area contributed by atoms with E-state index in [9.17, 15) is 0 Å². The first-order chi connectivity index (χ1) is 11.7. The molecule has 0 unspecified atom stereocenters. The molecule has 0 bridgehead atoms. The molecule has 5 rings (SSSR count). The van der Waals surface area contributed by atoms with Crippen LogP contribution >= 0.6 is 0 Å². The second-order valence-electron chi connectivity index (χ2n) is 6.85. The van der Waals surface area contributed by atoms with Gasteiger partial charge in [-0.3, -0.25) is 0 Å². The molecule has 0 amide bonds. The van der Waals surface area contributed by atoms with Crippen molar-refractivity contribution in [2.45, 2.75) is 20.5 Å². The third-order valence-electron chi connectivity index (χ3n) is 4.99. The number of benzene rings is 4. The average molecular weight is 310 g/mol. The molecule has 0 N–H and O–H groups in total. The fraction of sp³-hybridized carbons (Fsp3) is 0.130. The molecular formula is C23H18O. The van der Waals surface area contributed by atoms with Crippen molar-refractivity contribution in [1.82, 2.24) is 0 Å². The first kappa shape index (κ1) is 13.6. The monoisotopic (exact) mass is 310 g/mol. The summed E-state index contributed by atoms with van der Waals surface area (Å²) in [6, 6.07) is 22.3. The summed E-state index contributed by atoms with van der Waals surface area (Å²) in [5.41, 5.74) is 6.35. The maximum atomic E-state index is 6.08. The summed E-state index contributed by atoms with van der Waals surface area (Å²) in [4.78, 5) is 0. The normalized spacial score (nSPS) is 12.8. The highest BCUT2D eigenvalue weighted by Gasteiger charge is 2.19. The lowest BCUT2D eigenvalue weighted by atomic mass is 9.91. The second-order valence-corrected chi connectivity index (χ2v) is 6.85. The van der Waals surface area contributed by atoms with Crippen LogP contribution in [0.25, 0.3) is 32.7 Å². The molecule has 0 saturated carbocycles. The molecule has 4 aromatic rings. The predicted molar refractivity (Wildman–Crippen MR) is 101 cm³/mol. The fourth-order valence-electron chi connectivity index (χ4n) is 3.72. The number of hydrogen-bond acceptors (Lipinski definition) is 1. The highest BCUT2D eigenvalue weighted by molar-refractivity contribution is 5.96. The van der Waals surface area contributed by atoms with Crippen molar-refractivity contribution >= 4 is 21.5 Å². The maximum absolute atomic E-state index is 6.08. The molecule has 0 aromatic heterocycles. The van der Waals surface area contributed by atoms with Gasteiger partial charge in [0.05, 0.1) is 0 Å². The van der Waals surface area contributed by atoms with Gasteiger partial charge in [0.1, 0.15) is 12.4 Å². The van der Waals surface area contributed by atoms with Gasteiger partial charge in [-0.1, -0.05) is 47.5 Å². The quantitative estimate of drug-likeness (QED) is 0.377. The molecule has 0 spiro atoms. The molecule has 1 heterocycles. The van der Waals surface area contributed by atoms with Gasteiger partial charge < -0.3 is 4.74 Å². The van der Waals surface area contributed by atoms with Crippen molar-refractivity contribution in [2.24, 2.45) is 0 Å². The highest BCUT2D eigenvalue weighted by Crippen LogP contribution is 2.41. The van der Waals surface area contributed by atoms with Gasteiger partial charge in [-0.15, -0.1) is 0 Å². The molecule has 0 aliphatic carbocycles. The molecule has 1 aliphatic heterocycles. The lowest BCUT2D eigenvalue weighted by molar-refractivity contribution is 0.303. The Morgan fingerprint density at radius 1 is 0.625 bits per heavy atom. The lowest BCUT2D eigenvalue weighted by Gasteiger charge is -2.22. The van der Waals surface area contributed by atoms with Crippen LogP contribution in [0.5, 0.6) is 5.75 Å². The van der Waals surface area contributed by atoms with Crippen LogP contribution in [0.1, 0.15) is 16.7 Å². The van der Waals surface area contributed by atoms with Crippen LogP contribution in [-0.4, -0.2) is 0 Å². The number of ether oxygens (including phenoxy) is 1. The molecule has 0 radical (unpaired) electrons. The Kier molecular flexibility index (Phi) is 2.75. The van der Waals surface area contributed by atoms with Crippen molar-refractivity contribution in [3.8, 4) is 16.9 Å². The molecule has 0 saturated heterocycles. The van der Waals surface area contributed by atoms with E-state index in [1.807, 2.05) is 0 Å². The lowest BCUT2D eigenvalue weighted by Crippen LogP contribution is -2.05. The van der Waals surface area contributed by atoms with Gasteiger partial charge in [-0.05, 0) is 70.8 Å². The van der Waals surface area contributed by atoms with E-state index in [1.54, 1.807) is 0 Å². The molecule has 4 aromatic carbocycles. The van der Waals surface area contributed by atoms with Crippen LogP contribution in [0.3, 0.4) is 0 Å². The first-order valence-electron chi connectivity index (χ1n) is 8.38. The summed E-state index contributed by atoms with van der Waals surface area (Å²) in [6.45, 7) is 4.91. The van der Waals surface area contributed by atoms with Crippen LogP contribution in [-0.2, 0) is 6.61 Å². The zero-order valence-corrected chi connectivity index (χ0v) is 13.9. The summed E-state index contributed by atoms with van der Waals surface area (Å²) in [5.74, 6) is 0.993. The first-order valence-corrected chi connectivity index (χ1v) is 8.38. The van der Waals surface area contributed by atoms with Crippen molar-refractivity contribution in [3.63, 3.8) is 0 Å². The average Bonchev–Trinajstić information content (AvgIpc) is 2.58. The molecule has 0 atom stereocenters. The topological polar surface area (TPSA) is 9.23 Å². The zero-order chi connectivity index (χ0) is 16.3. The molecule has 1 aliphatic rings. The van der Waals surface area contributed by atoms with Crippen molar-refractivity contribution in [1.29, 1.82) is 0 Å². The smallest absolute Gasteiger partial charge is 0.128 e. The Balaban J connectivity index is 1.79. The van der Waals surface area contributed by atoms with Crippen LogP contribution in [0.4, 0.5) is 0 Å². The third-order valence-corrected chi connectivity index (χ3v) is 4.99. The SMILES string of the molecule is Cc1ccc2cc3c(cc2c1)COc1cc2cc(C)ccc2cc1-3. The van der Waals surface area contributed by atoms with Gasteiger partial charge >= 0.3 is 0 Å².